The number of hydrogen-bond donors (Lipinski definition) is 1. The van der Waals surface area contributed by atoms with Gasteiger partial charge in [0.05, 0.1) is 32.9 Å². The van der Waals surface area contributed by atoms with Crippen LogP contribution in [-0.4, -0.2) is 21.2 Å². The molecule has 1 aromatic carbocycles. The third kappa shape index (κ3) is 4.07. The molecule has 0 aliphatic heterocycles. The normalized spacial score (nSPS) is 10.9. The second-order valence-corrected chi connectivity index (χ2v) is 7.82. The first-order valence-corrected chi connectivity index (χ1v) is 10.1. The number of carbonyl (C=O) groups excluding carboxylic acids is 2. The Hall–Kier alpha value is -3.13. The van der Waals surface area contributed by atoms with Crippen LogP contribution in [0.25, 0.3) is 11.0 Å². The summed E-state index contributed by atoms with van der Waals surface area (Å²) >= 11 is 18.3. The van der Waals surface area contributed by atoms with Crippen LogP contribution in [0, 0.1) is 5.21 Å². The Labute approximate surface area is 191 Å². The Morgan fingerprint density at radius 3 is 2.45 bits per heavy atom. The lowest BCUT2D eigenvalue weighted by atomic mass is 10.1. The molecule has 0 saturated carbocycles. The average molecular weight is 476 g/mol. The van der Waals surface area contributed by atoms with E-state index in [1.165, 1.54) is 30.9 Å². The molecule has 0 saturated heterocycles. The van der Waals surface area contributed by atoms with Crippen LogP contribution in [0.15, 0.2) is 61.2 Å². The summed E-state index contributed by atoms with van der Waals surface area (Å²) in [5, 5.41) is 15.9. The van der Waals surface area contributed by atoms with Crippen LogP contribution in [0.3, 0.4) is 0 Å². The highest BCUT2D eigenvalue weighted by Crippen LogP contribution is 2.29. The van der Waals surface area contributed by atoms with Gasteiger partial charge in [-0.3, -0.25) is 14.6 Å². The summed E-state index contributed by atoms with van der Waals surface area (Å²) in [6, 6.07) is 10.3. The highest BCUT2D eigenvalue weighted by molar-refractivity contribution is 6.50. The number of carbonyl (C=O) groups is 2. The minimum atomic E-state index is -0.951. The third-order valence-corrected chi connectivity index (χ3v) is 5.56. The molecule has 31 heavy (non-hydrogen) atoms. The summed E-state index contributed by atoms with van der Waals surface area (Å²) in [5.74, 6) is -1.80. The van der Waals surface area contributed by atoms with Crippen LogP contribution in [0.5, 0.6) is 0 Å². The second kappa shape index (κ2) is 8.55. The number of benzene rings is 1. The molecule has 0 spiro atoms. The van der Waals surface area contributed by atoms with E-state index in [-0.39, 0.29) is 33.5 Å². The largest absolute Gasteiger partial charge is 0.711 e. The van der Waals surface area contributed by atoms with E-state index in [0.717, 1.165) is 5.56 Å². The number of anilines is 1. The lowest BCUT2D eigenvalue weighted by Gasteiger charge is -2.07. The summed E-state index contributed by atoms with van der Waals surface area (Å²) < 4.78 is 2.22. The fourth-order valence-corrected chi connectivity index (χ4v) is 3.85. The van der Waals surface area contributed by atoms with Gasteiger partial charge in [-0.05, 0) is 18.2 Å². The van der Waals surface area contributed by atoms with Gasteiger partial charge in [0.25, 0.3) is 17.3 Å². The summed E-state index contributed by atoms with van der Waals surface area (Å²) in [4.78, 5) is 29.4. The standard InChI is InChI=1S/C21H13Cl3N4O3/c22-15-6-2-1-4-12(15)10-27-11-14(13-5-3-7-28(31)21(13)27)19(29)20(30)26-18-16(23)8-25-9-17(18)24/h1-9,11H,10H2,(H,25,26,30). The summed E-state index contributed by atoms with van der Waals surface area (Å²) in [6.45, 7) is 0.235. The zero-order valence-corrected chi connectivity index (χ0v) is 17.9. The van der Waals surface area contributed by atoms with E-state index in [0.29, 0.717) is 15.1 Å². The van der Waals surface area contributed by atoms with Gasteiger partial charge in [0.1, 0.15) is 12.7 Å². The number of nitrogens with one attached hydrogen (secondary N) is 1. The van der Waals surface area contributed by atoms with Crippen molar-refractivity contribution in [2.75, 3.05) is 5.32 Å². The quantitative estimate of drug-likeness (QED) is 0.199. The topological polar surface area (TPSA) is 90.9 Å². The lowest BCUT2D eigenvalue weighted by molar-refractivity contribution is -0.580. The monoisotopic (exact) mass is 474 g/mol. The maximum absolute atomic E-state index is 13.0. The van der Waals surface area contributed by atoms with Gasteiger partial charge < -0.3 is 10.5 Å². The maximum atomic E-state index is 13.0. The van der Waals surface area contributed by atoms with Crippen molar-refractivity contribution in [3.05, 3.63) is 92.6 Å². The first-order valence-electron chi connectivity index (χ1n) is 8.96. The fourth-order valence-electron chi connectivity index (χ4n) is 3.19. The maximum Gasteiger partial charge on any atom is 0.297 e. The van der Waals surface area contributed by atoms with Crippen LogP contribution < -0.4 is 10.0 Å². The first-order chi connectivity index (χ1) is 14.9. The molecule has 156 valence electrons. The number of hydrogen-bond acceptors (Lipinski definition) is 4. The Balaban J connectivity index is 1.74. The van der Waals surface area contributed by atoms with Gasteiger partial charge in [0, 0.05) is 23.0 Å². The van der Waals surface area contributed by atoms with Crippen LogP contribution in [0.1, 0.15) is 15.9 Å². The molecule has 0 atom stereocenters. The predicted molar refractivity (Wildman–Crippen MR) is 119 cm³/mol. The number of Topliss-reactive ketones (excluding diaryl/α,β-unsaturated/α-hetero) is 1. The molecular formula is C21H13Cl3N4O3. The Morgan fingerprint density at radius 2 is 1.74 bits per heavy atom. The molecule has 0 fully saturated rings. The molecule has 7 nitrogen and oxygen atoms in total. The van der Waals surface area contributed by atoms with E-state index in [2.05, 4.69) is 10.3 Å². The summed E-state index contributed by atoms with van der Waals surface area (Å²) in [6.07, 6.45) is 5.36. The van der Waals surface area contributed by atoms with Crippen LogP contribution in [0.2, 0.25) is 15.1 Å². The van der Waals surface area contributed by atoms with Gasteiger partial charge in [0.2, 0.25) is 0 Å². The molecule has 0 aliphatic carbocycles. The van der Waals surface area contributed by atoms with Crippen molar-refractivity contribution in [3.8, 4) is 0 Å². The molecule has 4 rings (SSSR count). The smallest absolute Gasteiger partial charge is 0.297 e. The van der Waals surface area contributed by atoms with E-state index in [4.69, 9.17) is 34.8 Å². The molecule has 3 aromatic heterocycles. The Morgan fingerprint density at radius 1 is 1.03 bits per heavy atom. The van der Waals surface area contributed by atoms with Crippen molar-refractivity contribution >= 4 is 63.2 Å². The van der Waals surface area contributed by atoms with Gasteiger partial charge >= 0.3 is 0 Å². The van der Waals surface area contributed by atoms with Crippen LogP contribution in [-0.2, 0) is 11.3 Å². The number of fused-ring (bicyclic) bond motifs is 1. The molecule has 3 heterocycles. The van der Waals surface area contributed by atoms with Gasteiger partial charge in [-0.2, -0.15) is 0 Å². The van der Waals surface area contributed by atoms with Gasteiger partial charge in [0.15, 0.2) is 0 Å². The van der Waals surface area contributed by atoms with Crippen molar-refractivity contribution < 1.29 is 14.3 Å². The highest BCUT2D eigenvalue weighted by Gasteiger charge is 2.27. The Kier molecular flexibility index (Phi) is 5.82. The van der Waals surface area contributed by atoms with Crippen LogP contribution >= 0.6 is 34.8 Å². The lowest BCUT2D eigenvalue weighted by Crippen LogP contribution is -2.28. The average Bonchev–Trinajstić information content (AvgIpc) is 3.11. The fraction of sp³-hybridized carbons (Fsp3) is 0.0476. The predicted octanol–water partition coefficient (Wildman–Crippen LogP) is 4.50. The van der Waals surface area contributed by atoms with E-state index in [1.807, 2.05) is 12.1 Å². The van der Waals surface area contributed by atoms with Crippen molar-refractivity contribution in [1.29, 1.82) is 0 Å². The minimum Gasteiger partial charge on any atom is -0.711 e. The van der Waals surface area contributed by atoms with Crippen molar-refractivity contribution in [2.45, 2.75) is 6.54 Å². The molecule has 1 N–H and O–H groups in total. The molecule has 1 amide bonds. The van der Waals surface area contributed by atoms with E-state index in [1.54, 1.807) is 22.8 Å². The number of nitrogens with zero attached hydrogens (tertiary/aromatic N) is 3. The summed E-state index contributed by atoms with van der Waals surface area (Å²) in [5.41, 5.74) is 1.11. The molecule has 4 aromatic rings. The molecule has 10 heteroatoms. The van der Waals surface area contributed by atoms with Crippen molar-refractivity contribution in [3.63, 3.8) is 0 Å². The highest BCUT2D eigenvalue weighted by atomic mass is 35.5. The van der Waals surface area contributed by atoms with Gasteiger partial charge in [-0.15, -0.1) is 0 Å². The zero-order valence-electron chi connectivity index (χ0n) is 15.7. The molecule has 0 bridgehead atoms. The second-order valence-electron chi connectivity index (χ2n) is 6.59. The molecule has 0 radical (unpaired) electrons. The minimum absolute atomic E-state index is 0.0612. The Bertz CT molecular complexity index is 1320. The van der Waals surface area contributed by atoms with Crippen molar-refractivity contribution in [1.82, 2.24) is 9.55 Å². The molecule has 0 aliphatic rings. The number of ketones is 1. The van der Waals surface area contributed by atoms with Crippen LogP contribution in [0.4, 0.5) is 5.69 Å². The van der Waals surface area contributed by atoms with Crippen molar-refractivity contribution in [2.24, 2.45) is 0 Å². The van der Waals surface area contributed by atoms with Gasteiger partial charge in [-0.1, -0.05) is 53.0 Å². The number of pyridine rings is 2. The molecular weight excluding hydrogens is 463 g/mol. The number of amides is 1. The van der Waals surface area contributed by atoms with Gasteiger partial charge in [-0.25, -0.2) is 9.30 Å². The third-order valence-electron chi connectivity index (χ3n) is 4.62. The molecule has 0 unspecified atom stereocenters. The number of halogens is 3. The SMILES string of the molecule is O=C(Nc1c(Cl)cncc1Cl)C(=O)c1cn(Cc2ccccc2Cl)c2c1ccc[n+]2[O-]. The number of aromatic nitrogens is 3. The van der Waals surface area contributed by atoms with E-state index in [9.17, 15) is 14.8 Å². The zero-order chi connectivity index (χ0) is 22.1. The van der Waals surface area contributed by atoms with E-state index >= 15 is 0 Å². The first kappa shape index (κ1) is 21.1. The number of rotatable bonds is 5. The van der Waals surface area contributed by atoms with E-state index < -0.39 is 11.7 Å². The summed E-state index contributed by atoms with van der Waals surface area (Å²) in [7, 11) is 0.